The van der Waals surface area contributed by atoms with Crippen molar-refractivity contribution in [2.24, 2.45) is 5.92 Å². The van der Waals surface area contributed by atoms with Crippen molar-refractivity contribution in [3.05, 3.63) is 65.2 Å². The average molecular weight is 364 g/mol. The van der Waals surface area contributed by atoms with Gasteiger partial charge < -0.3 is 9.80 Å². The predicted molar refractivity (Wildman–Crippen MR) is 109 cm³/mol. The third-order valence-corrected chi connectivity index (χ3v) is 5.36. The summed E-state index contributed by atoms with van der Waals surface area (Å²) in [6.07, 6.45) is 1.16. The van der Waals surface area contributed by atoms with E-state index in [4.69, 9.17) is 0 Å². The van der Waals surface area contributed by atoms with Gasteiger partial charge in [-0.25, -0.2) is 0 Å². The van der Waals surface area contributed by atoms with Crippen LogP contribution in [-0.4, -0.2) is 29.8 Å². The van der Waals surface area contributed by atoms with Gasteiger partial charge in [-0.05, 0) is 37.0 Å². The molecule has 0 spiro atoms. The molecule has 4 heteroatoms. The Bertz CT molecular complexity index is 816. The maximum atomic E-state index is 13.1. The summed E-state index contributed by atoms with van der Waals surface area (Å²) >= 11 is 0. The van der Waals surface area contributed by atoms with Crippen LogP contribution >= 0.6 is 0 Å². The van der Waals surface area contributed by atoms with Crippen LogP contribution in [0.15, 0.2) is 48.5 Å². The van der Waals surface area contributed by atoms with Crippen LogP contribution in [0.3, 0.4) is 0 Å². The minimum absolute atomic E-state index is 0.0492. The molecule has 1 unspecified atom stereocenters. The number of carbonyl (C=O) groups excluding carboxylic acids is 2. The SMILES string of the molecule is CCc1cccc(C)c1N1CC(C(=O)N(CC)Cc2ccccc2)CC1=O. The molecule has 2 aromatic carbocycles. The summed E-state index contributed by atoms with van der Waals surface area (Å²) < 4.78 is 0. The lowest BCUT2D eigenvalue weighted by Crippen LogP contribution is -2.37. The predicted octanol–water partition coefficient (Wildman–Crippen LogP) is 3.96. The van der Waals surface area contributed by atoms with Crippen molar-refractivity contribution in [2.45, 2.75) is 40.2 Å². The van der Waals surface area contributed by atoms with E-state index in [0.717, 1.165) is 28.8 Å². The molecule has 142 valence electrons. The molecular weight excluding hydrogens is 336 g/mol. The highest BCUT2D eigenvalue weighted by Crippen LogP contribution is 2.32. The van der Waals surface area contributed by atoms with Crippen molar-refractivity contribution >= 4 is 17.5 Å². The molecule has 0 aliphatic carbocycles. The van der Waals surface area contributed by atoms with Crippen molar-refractivity contribution in [2.75, 3.05) is 18.0 Å². The molecular formula is C23H28N2O2. The zero-order chi connectivity index (χ0) is 19.4. The zero-order valence-electron chi connectivity index (χ0n) is 16.4. The quantitative estimate of drug-likeness (QED) is 0.778. The van der Waals surface area contributed by atoms with Gasteiger partial charge in [0, 0.05) is 31.7 Å². The zero-order valence-corrected chi connectivity index (χ0v) is 16.4. The normalized spacial score (nSPS) is 16.6. The van der Waals surface area contributed by atoms with Gasteiger partial charge in [0.2, 0.25) is 11.8 Å². The summed E-state index contributed by atoms with van der Waals surface area (Å²) in [5.41, 5.74) is 4.35. The monoisotopic (exact) mass is 364 g/mol. The largest absolute Gasteiger partial charge is 0.338 e. The van der Waals surface area contributed by atoms with Gasteiger partial charge in [0.25, 0.3) is 0 Å². The maximum absolute atomic E-state index is 13.1. The fraction of sp³-hybridized carbons (Fsp3) is 0.391. The molecule has 0 saturated carbocycles. The molecule has 0 radical (unpaired) electrons. The lowest BCUT2D eigenvalue weighted by Gasteiger charge is -2.25. The molecule has 0 bridgehead atoms. The number of hydrogen-bond acceptors (Lipinski definition) is 2. The lowest BCUT2D eigenvalue weighted by atomic mass is 10.0. The van der Waals surface area contributed by atoms with Crippen LogP contribution in [0.25, 0.3) is 0 Å². The van der Waals surface area contributed by atoms with Gasteiger partial charge in [-0.2, -0.15) is 0 Å². The number of nitrogens with zero attached hydrogens (tertiary/aromatic N) is 2. The van der Waals surface area contributed by atoms with Crippen LogP contribution < -0.4 is 4.90 Å². The van der Waals surface area contributed by atoms with Crippen LogP contribution in [0.1, 0.15) is 37.0 Å². The number of aryl methyl sites for hydroxylation is 2. The number of rotatable bonds is 6. The molecule has 27 heavy (non-hydrogen) atoms. The molecule has 0 N–H and O–H groups in total. The van der Waals surface area contributed by atoms with E-state index in [1.165, 1.54) is 0 Å². The van der Waals surface area contributed by atoms with E-state index in [2.05, 4.69) is 13.0 Å². The van der Waals surface area contributed by atoms with Crippen LogP contribution in [0.2, 0.25) is 0 Å². The summed E-state index contributed by atoms with van der Waals surface area (Å²) in [6.45, 7) is 7.83. The smallest absolute Gasteiger partial charge is 0.228 e. The Kier molecular flexibility index (Phi) is 5.94. The standard InChI is InChI=1S/C23H28N2O2/c1-4-19-13-9-10-17(3)22(19)25-16-20(14-21(25)26)23(27)24(5-2)15-18-11-7-6-8-12-18/h6-13,20H,4-5,14-16H2,1-3H3. The topological polar surface area (TPSA) is 40.6 Å². The van der Waals surface area contributed by atoms with Gasteiger partial charge in [0.1, 0.15) is 0 Å². The van der Waals surface area contributed by atoms with Crippen molar-refractivity contribution < 1.29 is 9.59 Å². The van der Waals surface area contributed by atoms with Crippen molar-refractivity contribution in [3.8, 4) is 0 Å². The molecule has 1 atom stereocenters. The lowest BCUT2D eigenvalue weighted by molar-refractivity contribution is -0.136. The summed E-state index contributed by atoms with van der Waals surface area (Å²) in [5, 5.41) is 0. The number of para-hydroxylation sites is 1. The third kappa shape index (κ3) is 4.05. The Morgan fingerprint density at radius 2 is 1.85 bits per heavy atom. The molecule has 1 saturated heterocycles. The van der Waals surface area contributed by atoms with E-state index in [9.17, 15) is 9.59 Å². The Morgan fingerprint density at radius 3 is 2.52 bits per heavy atom. The average Bonchev–Trinajstić information content (AvgIpc) is 3.07. The van der Waals surface area contributed by atoms with E-state index in [-0.39, 0.29) is 17.7 Å². The van der Waals surface area contributed by atoms with E-state index in [1.807, 2.05) is 66.1 Å². The molecule has 0 aromatic heterocycles. The first kappa shape index (κ1) is 19.2. The van der Waals surface area contributed by atoms with Gasteiger partial charge in [-0.1, -0.05) is 55.5 Å². The number of hydrogen-bond donors (Lipinski definition) is 0. The molecule has 1 aliphatic heterocycles. The third-order valence-electron chi connectivity index (χ3n) is 5.36. The Hall–Kier alpha value is -2.62. The van der Waals surface area contributed by atoms with E-state index >= 15 is 0 Å². The molecule has 1 fully saturated rings. The van der Waals surface area contributed by atoms with Crippen molar-refractivity contribution in [1.82, 2.24) is 4.90 Å². The Balaban J connectivity index is 1.77. The number of benzene rings is 2. The van der Waals surface area contributed by atoms with Crippen molar-refractivity contribution in [3.63, 3.8) is 0 Å². The maximum Gasteiger partial charge on any atom is 0.228 e. The van der Waals surface area contributed by atoms with E-state index in [0.29, 0.717) is 26.1 Å². The Morgan fingerprint density at radius 1 is 1.11 bits per heavy atom. The minimum atomic E-state index is -0.273. The fourth-order valence-electron chi connectivity index (χ4n) is 3.89. The molecule has 1 heterocycles. The van der Waals surface area contributed by atoms with Gasteiger partial charge in [-0.3, -0.25) is 9.59 Å². The first-order valence-corrected chi connectivity index (χ1v) is 9.76. The Labute approximate surface area is 161 Å². The molecule has 4 nitrogen and oxygen atoms in total. The first-order chi connectivity index (χ1) is 13.0. The highest BCUT2D eigenvalue weighted by atomic mass is 16.2. The van der Waals surface area contributed by atoms with Crippen LogP contribution in [0, 0.1) is 12.8 Å². The summed E-state index contributed by atoms with van der Waals surface area (Å²) in [6, 6.07) is 16.1. The van der Waals surface area contributed by atoms with Crippen LogP contribution in [0.4, 0.5) is 5.69 Å². The highest BCUT2D eigenvalue weighted by Gasteiger charge is 2.38. The van der Waals surface area contributed by atoms with Crippen LogP contribution in [-0.2, 0) is 22.6 Å². The number of anilines is 1. The van der Waals surface area contributed by atoms with Gasteiger partial charge in [0.05, 0.1) is 5.92 Å². The number of amides is 2. The molecule has 3 rings (SSSR count). The summed E-state index contributed by atoms with van der Waals surface area (Å²) in [4.78, 5) is 29.5. The minimum Gasteiger partial charge on any atom is -0.338 e. The second-order valence-corrected chi connectivity index (χ2v) is 7.18. The fourth-order valence-corrected chi connectivity index (χ4v) is 3.89. The second-order valence-electron chi connectivity index (χ2n) is 7.18. The van der Waals surface area contributed by atoms with Crippen LogP contribution in [0.5, 0.6) is 0 Å². The summed E-state index contributed by atoms with van der Waals surface area (Å²) in [7, 11) is 0. The van der Waals surface area contributed by atoms with Gasteiger partial charge in [-0.15, -0.1) is 0 Å². The highest BCUT2D eigenvalue weighted by molar-refractivity contribution is 6.01. The molecule has 1 aliphatic rings. The van der Waals surface area contributed by atoms with Gasteiger partial charge in [0.15, 0.2) is 0 Å². The van der Waals surface area contributed by atoms with Crippen molar-refractivity contribution in [1.29, 1.82) is 0 Å². The number of carbonyl (C=O) groups is 2. The second kappa shape index (κ2) is 8.38. The summed E-state index contributed by atoms with van der Waals surface area (Å²) in [5.74, 6) is -0.151. The van der Waals surface area contributed by atoms with Gasteiger partial charge >= 0.3 is 0 Å². The van der Waals surface area contributed by atoms with E-state index in [1.54, 1.807) is 0 Å². The van der Waals surface area contributed by atoms with E-state index < -0.39 is 0 Å². The molecule has 2 aromatic rings. The molecule has 2 amide bonds. The first-order valence-electron chi connectivity index (χ1n) is 9.76.